The fourth-order valence-electron chi connectivity index (χ4n) is 3.30. The molecule has 1 unspecified atom stereocenters. The second-order valence-corrected chi connectivity index (χ2v) is 9.22. The number of allylic oxidation sites excluding steroid dienone is 1. The maximum absolute atomic E-state index is 12.6. The first-order valence-corrected chi connectivity index (χ1v) is 10.5. The second-order valence-electron chi connectivity index (χ2n) is 6.05. The SMILES string of the molecule is O=C(OCC(Cl)(Cl)Cl)N1CCc2c([nH]c3ccccc23)C1C/C=C/CBr. The van der Waals surface area contributed by atoms with Gasteiger partial charge < -0.3 is 9.72 Å². The van der Waals surface area contributed by atoms with Crippen LogP contribution in [0.1, 0.15) is 23.7 Å². The molecule has 0 aliphatic carbocycles. The van der Waals surface area contributed by atoms with Crippen LogP contribution in [0.25, 0.3) is 10.9 Å². The van der Waals surface area contributed by atoms with Crippen molar-refractivity contribution in [3.63, 3.8) is 0 Å². The molecule has 1 aliphatic heterocycles. The number of benzene rings is 1. The van der Waals surface area contributed by atoms with Gasteiger partial charge in [0.2, 0.25) is 3.79 Å². The lowest BCUT2D eigenvalue weighted by Crippen LogP contribution is -2.41. The molecule has 1 aliphatic rings. The van der Waals surface area contributed by atoms with E-state index < -0.39 is 9.89 Å². The van der Waals surface area contributed by atoms with Crippen LogP contribution in [-0.2, 0) is 11.2 Å². The molecule has 1 atom stereocenters. The van der Waals surface area contributed by atoms with Gasteiger partial charge in [-0.1, -0.05) is 81.1 Å². The summed E-state index contributed by atoms with van der Waals surface area (Å²) in [5.74, 6) is 0. The van der Waals surface area contributed by atoms with E-state index >= 15 is 0 Å². The predicted octanol–water partition coefficient (Wildman–Crippen LogP) is 5.92. The van der Waals surface area contributed by atoms with Gasteiger partial charge in [0.25, 0.3) is 0 Å². The molecule has 4 nitrogen and oxygen atoms in total. The summed E-state index contributed by atoms with van der Waals surface area (Å²) < 4.78 is 3.59. The Morgan fingerprint density at radius 3 is 2.85 bits per heavy atom. The minimum atomic E-state index is -1.62. The van der Waals surface area contributed by atoms with Crippen LogP contribution < -0.4 is 0 Å². The number of halogens is 4. The van der Waals surface area contributed by atoms with Crippen LogP contribution in [-0.4, -0.2) is 38.3 Å². The Balaban J connectivity index is 1.90. The van der Waals surface area contributed by atoms with E-state index in [9.17, 15) is 4.79 Å². The number of H-pyrrole nitrogens is 1. The third-order valence-electron chi connectivity index (χ3n) is 4.37. The average Bonchev–Trinajstić information content (AvgIpc) is 2.98. The highest BCUT2D eigenvalue weighted by Crippen LogP contribution is 2.37. The molecule has 0 saturated heterocycles. The molecule has 0 bridgehead atoms. The number of carbonyl (C=O) groups excluding carboxylic acids is 1. The summed E-state index contributed by atoms with van der Waals surface area (Å²) in [6.07, 6.45) is 5.02. The third kappa shape index (κ3) is 4.50. The first-order chi connectivity index (χ1) is 12.4. The number of aromatic nitrogens is 1. The standard InChI is InChI=1S/C18H18BrCl3N2O2/c19-9-4-3-7-15-16-13(12-5-1-2-6-14(12)23-16)8-10-24(15)17(25)26-11-18(20,21)22/h1-6,15,23H,7-11H2/b4-3+. The summed E-state index contributed by atoms with van der Waals surface area (Å²) in [6, 6.07) is 8.02. The van der Waals surface area contributed by atoms with Crippen molar-refractivity contribution in [2.24, 2.45) is 0 Å². The van der Waals surface area contributed by atoms with Crippen LogP contribution in [0.3, 0.4) is 0 Å². The highest BCUT2D eigenvalue weighted by atomic mass is 79.9. The van der Waals surface area contributed by atoms with Crippen LogP contribution in [0.4, 0.5) is 4.79 Å². The number of carbonyl (C=O) groups is 1. The van der Waals surface area contributed by atoms with Crippen molar-refractivity contribution in [2.45, 2.75) is 22.7 Å². The minimum absolute atomic E-state index is 0.149. The van der Waals surface area contributed by atoms with Gasteiger partial charge in [-0.25, -0.2) is 4.79 Å². The van der Waals surface area contributed by atoms with Crippen molar-refractivity contribution in [1.29, 1.82) is 0 Å². The number of nitrogens with one attached hydrogen (secondary N) is 1. The van der Waals surface area contributed by atoms with Crippen molar-refractivity contribution in [3.05, 3.63) is 47.7 Å². The number of nitrogens with zero attached hydrogens (tertiary/aromatic N) is 1. The molecule has 1 amide bonds. The molecular weight excluding hydrogens is 462 g/mol. The summed E-state index contributed by atoms with van der Waals surface area (Å²) in [5.41, 5.74) is 3.37. The van der Waals surface area contributed by atoms with Crippen molar-refractivity contribution in [2.75, 3.05) is 18.5 Å². The predicted molar refractivity (Wildman–Crippen MR) is 111 cm³/mol. The fourth-order valence-corrected chi connectivity index (χ4v) is 3.72. The summed E-state index contributed by atoms with van der Waals surface area (Å²) in [4.78, 5) is 17.8. The van der Waals surface area contributed by atoms with E-state index in [0.29, 0.717) is 13.0 Å². The number of hydrogen-bond donors (Lipinski definition) is 1. The average molecular weight is 481 g/mol. The zero-order valence-electron chi connectivity index (χ0n) is 13.9. The topological polar surface area (TPSA) is 45.3 Å². The van der Waals surface area contributed by atoms with Crippen LogP contribution in [0, 0.1) is 0 Å². The highest BCUT2D eigenvalue weighted by Gasteiger charge is 2.34. The molecule has 3 rings (SSSR count). The van der Waals surface area contributed by atoms with Gasteiger partial charge in [-0.3, -0.25) is 4.90 Å². The van der Waals surface area contributed by atoms with E-state index in [0.717, 1.165) is 23.0 Å². The van der Waals surface area contributed by atoms with Gasteiger partial charge >= 0.3 is 6.09 Å². The summed E-state index contributed by atoms with van der Waals surface area (Å²) in [7, 11) is 0. The van der Waals surface area contributed by atoms with Crippen LogP contribution in [0.2, 0.25) is 0 Å². The Hall–Kier alpha value is -0.880. The van der Waals surface area contributed by atoms with Gasteiger partial charge in [0, 0.05) is 28.5 Å². The van der Waals surface area contributed by atoms with E-state index in [4.69, 9.17) is 39.5 Å². The zero-order valence-corrected chi connectivity index (χ0v) is 17.7. The van der Waals surface area contributed by atoms with Crippen molar-refractivity contribution in [3.8, 4) is 0 Å². The Labute approximate surface area is 175 Å². The van der Waals surface area contributed by atoms with Crippen LogP contribution >= 0.6 is 50.7 Å². The van der Waals surface area contributed by atoms with Crippen molar-refractivity contribution >= 4 is 67.7 Å². The monoisotopic (exact) mass is 478 g/mol. The molecule has 0 spiro atoms. The second kappa shape index (κ2) is 8.42. The lowest BCUT2D eigenvalue weighted by atomic mass is 9.95. The van der Waals surface area contributed by atoms with Gasteiger partial charge in [0.05, 0.1) is 6.04 Å². The van der Waals surface area contributed by atoms with Gasteiger partial charge in [-0.05, 0) is 24.5 Å². The molecule has 0 saturated carbocycles. The Morgan fingerprint density at radius 1 is 1.35 bits per heavy atom. The van der Waals surface area contributed by atoms with E-state index in [2.05, 4.69) is 33.1 Å². The summed E-state index contributed by atoms with van der Waals surface area (Å²) in [5, 5.41) is 1.96. The Morgan fingerprint density at radius 2 is 2.12 bits per heavy atom. The zero-order chi connectivity index (χ0) is 18.7. The summed E-state index contributed by atoms with van der Waals surface area (Å²) in [6.45, 7) is 0.275. The van der Waals surface area contributed by atoms with Crippen molar-refractivity contribution < 1.29 is 9.53 Å². The van der Waals surface area contributed by atoms with Gasteiger partial charge in [-0.2, -0.15) is 0 Å². The molecule has 0 fully saturated rings. The number of amides is 1. The number of alkyl halides is 4. The minimum Gasteiger partial charge on any atom is -0.445 e. The molecule has 1 aromatic heterocycles. The van der Waals surface area contributed by atoms with E-state index in [1.165, 1.54) is 10.9 Å². The number of para-hydroxylation sites is 1. The molecular formula is C18H18BrCl3N2O2. The number of aromatic amines is 1. The Kier molecular flexibility index (Phi) is 6.44. The first-order valence-electron chi connectivity index (χ1n) is 8.21. The molecule has 2 aromatic rings. The summed E-state index contributed by atoms with van der Waals surface area (Å²) >= 11 is 20.5. The quantitative estimate of drug-likeness (QED) is 0.436. The first kappa shape index (κ1) is 19.9. The molecule has 140 valence electrons. The van der Waals surface area contributed by atoms with E-state index in [1.54, 1.807) is 4.90 Å². The fraction of sp³-hybridized carbons (Fsp3) is 0.389. The number of ether oxygens (including phenoxy) is 1. The number of fused-ring (bicyclic) bond motifs is 3. The highest BCUT2D eigenvalue weighted by molar-refractivity contribution is 9.09. The normalized spacial score (nSPS) is 17.7. The molecule has 1 N–H and O–H groups in total. The van der Waals surface area contributed by atoms with Crippen LogP contribution in [0.5, 0.6) is 0 Å². The lowest BCUT2D eigenvalue weighted by Gasteiger charge is -2.35. The van der Waals surface area contributed by atoms with Crippen molar-refractivity contribution in [1.82, 2.24) is 9.88 Å². The maximum atomic E-state index is 12.6. The van der Waals surface area contributed by atoms with Crippen LogP contribution in [0.15, 0.2) is 36.4 Å². The lowest BCUT2D eigenvalue weighted by molar-refractivity contribution is 0.0836. The smallest absolute Gasteiger partial charge is 0.410 e. The van der Waals surface area contributed by atoms with Gasteiger partial charge in [-0.15, -0.1) is 0 Å². The molecule has 26 heavy (non-hydrogen) atoms. The third-order valence-corrected chi connectivity index (χ3v) is 5.07. The number of hydrogen-bond acceptors (Lipinski definition) is 2. The molecule has 1 aromatic carbocycles. The van der Waals surface area contributed by atoms with E-state index in [1.807, 2.05) is 24.3 Å². The van der Waals surface area contributed by atoms with Gasteiger partial charge in [0.15, 0.2) is 0 Å². The molecule has 2 heterocycles. The van der Waals surface area contributed by atoms with Gasteiger partial charge in [0.1, 0.15) is 6.61 Å². The Bertz CT molecular complexity index is 816. The van der Waals surface area contributed by atoms with E-state index in [-0.39, 0.29) is 12.6 Å². The maximum Gasteiger partial charge on any atom is 0.410 e. The number of rotatable bonds is 4. The molecule has 8 heteroatoms. The molecule has 0 radical (unpaired) electrons. The largest absolute Gasteiger partial charge is 0.445 e.